The second kappa shape index (κ2) is 16.5. The average molecular weight is 539 g/mol. The molecule has 4 N–H and O–H groups in total. The zero-order valence-corrected chi connectivity index (χ0v) is 22.1. The number of esters is 2. The molecule has 10 nitrogen and oxygen atoms in total. The van der Waals surface area contributed by atoms with Crippen molar-refractivity contribution in [2.24, 2.45) is 11.5 Å². The molecule has 0 radical (unpaired) electrons. The van der Waals surface area contributed by atoms with E-state index in [0.717, 1.165) is 0 Å². The summed E-state index contributed by atoms with van der Waals surface area (Å²) >= 11 is 0. The lowest BCUT2D eigenvalue weighted by Crippen LogP contribution is -2.11. The van der Waals surface area contributed by atoms with Gasteiger partial charge in [-0.15, -0.1) is 0 Å². The Hall–Kier alpha value is -4.28. The van der Waals surface area contributed by atoms with Crippen LogP contribution in [0.4, 0.5) is 0 Å². The fraction of sp³-hybridized carbons (Fsp3) is 0.310. The van der Waals surface area contributed by atoms with Crippen molar-refractivity contribution < 1.29 is 38.1 Å². The Morgan fingerprint density at radius 2 is 1.08 bits per heavy atom. The van der Waals surface area contributed by atoms with Crippen LogP contribution in [0.5, 0.6) is 23.0 Å². The van der Waals surface area contributed by atoms with Gasteiger partial charge in [-0.1, -0.05) is 24.3 Å². The Kier molecular flexibility index (Phi) is 13.1. The predicted molar refractivity (Wildman–Crippen MR) is 147 cm³/mol. The normalized spacial score (nSPS) is 11.0. The predicted octanol–water partition coefficient (Wildman–Crippen LogP) is 3.25. The fourth-order valence-electron chi connectivity index (χ4n) is 3.25. The molecule has 2 aromatic carbocycles. The van der Waals surface area contributed by atoms with Crippen LogP contribution < -0.4 is 30.4 Å². The molecule has 0 aliphatic carbocycles. The molecule has 0 aliphatic heterocycles. The van der Waals surface area contributed by atoms with Gasteiger partial charge < -0.3 is 30.4 Å². The number of nitrogens with two attached hydrogens (primary N) is 2. The fourth-order valence-corrected chi connectivity index (χ4v) is 3.25. The number of hydrogen-bond donors (Lipinski definition) is 2. The zero-order valence-electron chi connectivity index (χ0n) is 22.1. The minimum Gasteiger partial charge on any atom is -0.493 e. The van der Waals surface area contributed by atoms with Crippen LogP contribution in [0.1, 0.15) is 43.2 Å². The van der Waals surface area contributed by atoms with Crippen LogP contribution in [0, 0.1) is 0 Å². The first-order chi connectivity index (χ1) is 18.8. The van der Waals surface area contributed by atoms with Crippen molar-refractivity contribution in [3.8, 4) is 23.0 Å². The lowest BCUT2D eigenvalue weighted by molar-refractivity contribution is -0.135. The van der Waals surface area contributed by atoms with E-state index >= 15 is 0 Å². The molecule has 208 valence electrons. The molecule has 2 rings (SSSR count). The number of allylic oxidation sites excluding steroid dienone is 2. The number of carbonyl (C=O) groups is 4. The molecule has 0 unspecified atom stereocenters. The van der Waals surface area contributed by atoms with Crippen LogP contribution in [0.25, 0.3) is 12.2 Å². The average Bonchev–Trinajstić information content (AvgIpc) is 2.93. The van der Waals surface area contributed by atoms with E-state index in [1.165, 1.54) is 26.4 Å². The number of ketones is 2. The lowest BCUT2D eigenvalue weighted by Gasteiger charge is -2.10. The number of hydrogen-bond acceptors (Lipinski definition) is 10. The number of carbonyl (C=O) groups excluding carboxylic acids is 4. The Morgan fingerprint density at radius 3 is 1.44 bits per heavy atom. The summed E-state index contributed by atoms with van der Waals surface area (Å²) in [7, 11) is 2.88. The lowest BCUT2D eigenvalue weighted by atomic mass is 10.1. The summed E-state index contributed by atoms with van der Waals surface area (Å²) in [4.78, 5) is 48.3. The van der Waals surface area contributed by atoms with Gasteiger partial charge in [0.2, 0.25) is 0 Å². The summed E-state index contributed by atoms with van der Waals surface area (Å²) < 4.78 is 21.1. The number of methoxy groups -OCH3 is 2. The summed E-state index contributed by atoms with van der Waals surface area (Å²) in [5.41, 5.74) is 12.1. The molecule has 0 amide bonds. The second-order valence-corrected chi connectivity index (χ2v) is 8.33. The molecular formula is C29H34N2O8. The van der Waals surface area contributed by atoms with Gasteiger partial charge in [-0.05, 0) is 73.5 Å². The van der Waals surface area contributed by atoms with Crippen LogP contribution in [-0.2, 0) is 19.2 Å². The summed E-state index contributed by atoms with van der Waals surface area (Å²) in [5.74, 6) is -0.431. The standard InChI is InChI=1S/C29H34N2O8/c1-36-26-17-20(9-13-24(26)38-28(34)5-3-15-30)7-11-22(32)19-23(33)12-8-21-10-14-25(27(18-21)37-2)39-29(35)6-4-16-31/h7-14,17-18H,3-6,15-16,19,30-31H2,1-2H3/b11-7+,12-8+. The molecule has 0 heterocycles. The van der Waals surface area contributed by atoms with E-state index in [0.29, 0.717) is 48.6 Å². The van der Waals surface area contributed by atoms with Gasteiger partial charge in [-0.3, -0.25) is 19.2 Å². The molecule has 0 aliphatic rings. The van der Waals surface area contributed by atoms with Crippen molar-refractivity contribution in [1.82, 2.24) is 0 Å². The maximum atomic E-state index is 12.3. The zero-order chi connectivity index (χ0) is 28.6. The first-order valence-electron chi connectivity index (χ1n) is 12.4. The van der Waals surface area contributed by atoms with Gasteiger partial charge >= 0.3 is 11.9 Å². The Labute approximate surface area is 227 Å². The van der Waals surface area contributed by atoms with E-state index < -0.39 is 23.5 Å². The van der Waals surface area contributed by atoms with E-state index in [9.17, 15) is 19.2 Å². The number of ether oxygens (including phenoxy) is 4. The van der Waals surface area contributed by atoms with Crippen molar-refractivity contribution in [1.29, 1.82) is 0 Å². The molecule has 0 fully saturated rings. The molecule has 10 heteroatoms. The van der Waals surface area contributed by atoms with Crippen LogP contribution in [-0.4, -0.2) is 50.8 Å². The highest BCUT2D eigenvalue weighted by Gasteiger charge is 2.12. The van der Waals surface area contributed by atoms with Crippen molar-refractivity contribution in [3.05, 3.63) is 59.7 Å². The summed E-state index contributed by atoms with van der Waals surface area (Å²) in [6.07, 6.45) is 6.78. The van der Waals surface area contributed by atoms with E-state index in [1.807, 2.05) is 0 Å². The van der Waals surface area contributed by atoms with Crippen molar-refractivity contribution in [3.63, 3.8) is 0 Å². The maximum Gasteiger partial charge on any atom is 0.311 e. The maximum absolute atomic E-state index is 12.3. The van der Waals surface area contributed by atoms with Gasteiger partial charge in [0.05, 0.1) is 20.6 Å². The van der Waals surface area contributed by atoms with Gasteiger partial charge in [-0.25, -0.2) is 0 Å². The van der Waals surface area contributed by atoms with Gasteiger partial charge in [0.25, 0.3) is 0 Å². The SMILES string of the molecule is COc1cc(/C=C/C(=O)CC(=O)/C=C/c2ccc(OC(=O)CCCN)c(OC)c2)ccc1OC(=O)CCCN. The Bertz CT molecular complexity index is 1130. The van der Waals surface area contributed by atoms with Gasteiger partial charge in [0, 0.05) is 12.8 Å². The van der Waals surface area contributed by atoms with Crippen LogP contribution >= 0.6 is 0 Å². The third-order valence-corrected chi connectivity index (χ3v) is 5.26. The first kappa shape index (κ1) is 30.9. The molecule has 0 bridgehead atoms. The van der Waals surface area contributed by atoms with Crippen LogP contribution in [0.15, 0.2) is 48.6 Å². The molecule has 39 heavy (non-hydrogen) atoms. The Morgan fingerprint density at radius 1 is 0.667 bits per heavy atom. The van der Waals surface area contributed by atoms with Crippen molar-refractivity contribution >= 4 is 35.7 Å². The molecule has 0 saturated heterocycles. The minimum atomic E-state index is -0.417. The number of benzene rings is 2. The first-order valence-corrected chi connectivity index (χ1v) is 12.4. The molecule has 0 aromatic heterocycles. The summed E-state index contributed by atoms with van der Waals surface area (Å²) in [6, 6.07) is 9.68. The summed E-state index contributed by atoms with van der Waals surface area (Å²) in [5, 5.41) is 0. The number of rotatable bonds is 16. The van der Waals surface area contributed by atoms with E-state index in [4.69, 9.17) is 30.4 Å². The minimum absolute atomic E-state index is 0.197. The van der Waals surface area contributed by atoms with Gasteiger partial charge in [0.15, 0.2) is 34.6 Å². The van der Waals surface area contributed by atoms with Crippen molar-refractivity contribution in [2.75, 3.05) is 27.3 Å². The highest BCUT2D eigenvalue weighted by Crippen LogP contribution is 2.30. The highest BCUT2D eigenvalue weighted by molar-refractivity contribution is 6.10. The van der Waals surface area contributed by atoms with Crippen LogP contribution in [0.2, 0.25) is 0 Å². The van der Waals surface area contributed by atoms with Gasteiger partial charge in [-0.2, -0.15) is 0 Å². The van der Waals surface area contributed by atoms with E-state index in [-0.39, 0.29) is 30.8 Å². The third kappa shape index (κ3) is 10.9. The summed E-state index contributed by atoms with van der Waals surface area (Å²) in [6.45, 7) is 0.776. The topological polar surface area (TPSA) is 157 Å². The highest BCUT2D eigenvalue weighted by atomic mass is 16.6. The molecule has 0 spiro atoms. The van der Waals surface area contributed by atoms with E-state index in [1.54, 1.807) is 48.6 Å². The Balaban J connectivity index is 1.96. The largest absolute Gasteiger partial charge is 0.493 e. The molecule has 2 aromatic rings. The molecular weight excluding hydrogens is 504 g/mol. The van der Waals surface area contributed by atoms with E-state index in [2.05, 4.69) is 0 Å². The third-order valence-electron chi connectivity index (χ3n) is 5.26. The van der Waals surface area contributed by atoms with Crippen LogP contribution in [0.3, 0.4) is 0 Å². The quantitative estimate of drug-likeness (QED) is 0.141. The monoisotopic (exact) mass is 538 g/mol. The smallest absolute Gasteiger partial charge is 0.311 e. The molecule has 0 atom stereocenters. The van der Waals surface area contributed by atoms with Crippen molar-refractivity contribution in [2.45, 2.75) is 32.1 Å². The van der Waals surface area contributed by atoms with Gasteiger partial charge in [0.1, 0.15) is 0 Å². The molecule has 0 saturated carbocycles. The second-order valence-electron chi connectivity index (χ2n) is 8.33.